The van der Waals surface area contributed by atoms with Crippen LogP contribution >= 0.6 is 11.6 Å². The number of nitrogens with one attached hydrogen (secondary N) is 2. The van der Waals surface area contributed by atoms with E-state index in [4.69, 9.17) is 11.6 Å². The molecule has 0 bridgehead atoms. The highest BCUT2D eigenvalue weighted by atomic mass is 35.5. The van der Waals surface area contributed by atoms with Gasteiger partial charge in [-0.15, -0.1) is 0 Å². The van der Waals surface area contributed by atoms with Gasteiger partial charge in [-0.05, 0) is 30.2 Å². The number of carbonyl (C=O) groups is 2. The minimum Gasteiger partial charge on any atom is -0.273 e. The zero-order valence-electron chi connectivity index (χ0n) is 11.9. The third-order valence-electron chi connectivity index (χ3n) is 3.28. The summed E-state index contributed by atoms with van der Waals surface area (Å²) in [4.78, 5) is 23.3. The topological polar surface area (TPSA) is 92.3 Å². The normalized spacial score (nSPS) is 19.7. The van der Waals surface area contributed by atoms with Gasteiger partial charge >= 0.3 is 0 Å². The lowest BCUT2D eigenvalue weighted by Gasteiger charge is -2.09. The van der Waals surface area contributed by atoms with Crippen LogP contribution in [0.25, 0.3) is 6.08 Å². The first-order valence-electron chi connectivity index (χ1n) is 6.70. The van der Waals surface area contributed by atoms with E-state index in [1.807, 2.05) is 0 Å². The Hall–Kier alpha value is -1.93. The Morgan fingerprint density at radius 3 is 2.65 bits per heavy atom. The highest BCUT2D eigenvalue weighted by Crippen LogP contribution is 2.18. The van der Waals surface area contributed by atoms with E-state index >= 15 is 0 Å². The van der Waals surface area contributed by atoms with Crippen LogP contribution in [0.15, 0.2) is 24.3 Å². The Balaban J connectivity index is 1.84. The molecular formula is C14H14ClFN2O4S. The van der Waals surface area contributed by atoms with Crippen LogP contribution in [-0.2, 0) is 19.4 Å². The molecule has 2 amide bonds. The summed E-state index contributed by atoms with van der Waals surface area (Å²) < 4.78 is 35.5. The van der Waals surface area contributed by atoms with Gasteiger partial charge in [0.1, 0.15) is 5.82 Å². The standard InChI is InChI=1S/C14H14ClFN2O4S/c15-11-7-9(1-3-12(11)16)2-4-13(19)17-18-14(20)10-5-6-23(21,22)8-10/h1-4,7,10H,5-6,8H2,(H,17,19)(H,18,20)/b4-2+/t10-/m1/s1. The number of sulfone groups is 1. The lowest BCUT2D eigenvalue weighted by atomic mass is 10.1. The summed E-state index contributed by atoms with van der Waals surface area (Å²) in [5.74, 6) is -2.60. The van der Waals surface area contributed by atoms with Crippen LogP contribution in [0.1, 0.15) is 12.0 Å². The molecule has 0 aromatic heterocycles. The van der Waals surface area contributed by atoms with Gasteiger partial charge in [-0.1, -0.05) is 17.7 Å². The van der Waals surface area contributed by atoms with Crippen molar-refractivity contribution in [2.24, 2.45) is 5.92 Å². The summed E-state index contributed by atoms with van der Waals surface area (Å²) in [5, 5.41) is -0.0664. The molecule has 1 aliphatic rings. The zero-order valence-corrected chi connectivity index (χ0v) is 13.5. The molecule has 0 aliphatic carbocycles. The van der Waals surface area contributed by atoms with E-state index in [9.17, 15) is 22.4 Å². The van der Waals surface area contributed by atoms with Gasteiger partial charge in [0.15, 0.2) is 9.84 Å². The van der Waals surface area contributed by atoms with Crippen LogP contribution in [0, 0.1) is 11.7 Å². The molecule has 1 aromatic rings. The maximum absolute atomic E-state index is 13.0. The van der Waals surface area contributed by atoms with Crippen molar-refractivity contribution < 1.29 is 22.4 Å². The largest absolute Gasteiger partial charge is 0.273 e. The molecular weight excluding hydrogens is 347 g/mol. The molecule has 0 spiro atoms. The number of carbonyl (C=O) groups excluding carboxylic acids is 2. The molecule has 1 aliphatic heterocycles. The monoisotopic (exact) mass is 360 g/mol. The number of amides is 2. The predicted molar refractivity (Wildman–Crippen MR) is 83.5 cm³/mol. The molecule has 9 heteroatoms. The maximum atomic E-state index is 13.0. The Labute approximate surface area is 137 Å². The lowest BCUT2D eigenvalue weighted by Crippen LogP contribution is -2.44. The summed E-state index contributed by atoms with van der Waals surface area (Å²) in [6.07, 6.45) is 2.77. The van der Waals surface area contributed by atoms with Gasteiger partial charge in [0.05, 0.1) is 22.4 Å². The molecule has 1 heterocycles. The second-order valence-electron chi connectivity index (χ2n) is 5.09. The SMILES string of the molecule is O=C(/C=C/c1ccc(F)c(Cl)c1)NNC(=O)[C@@H]1CCS(=O)(=O)C1. The van der Waals surface area contributed by atoms with Crippen LogP contribution in [0.3, 0.4) is 0 Å². The number of benzene rings is 1. The molecule has 0 saturated carbocycles. The Bertz CT molecular complexity index is 764. The van der Waals surface area contributed by atoms with E-state index < -0.39 is 33.4 Å². The quantitative estimate of drug-likeness (QED) is 0.623. The highest BCUT2D eigenvalue weighted by molar-refractivity contribution is 7.91. The molecule has 1 saturated heterocycles. The van der Waals surface area contributed by atoms with Crippen molar-refractivity contribution in [2.75, 3.05) is 11.5 Å². The molecule has 2 N–H and O–H groups in total. The summed E-state index contributed by atoms with van der Waals surface area (Å²) in [6.45, 7) is 0. The van der Waals surface area contributed by atoms with Crippen LogP contribution in [-0.4, -0.2) is 31.7 Å². The maximum Gasteiger partial charge on any atom is 0.262 e. The fraction of sp³-hybridized carbons (Fsp3) is 0.286. The van der Waals surface area contributed by atoms with Gasteiger partial charge in [0.2, 0.25) is 5.91 Å². The second-order valence-corrected chi connectivity index (χ2v) is 7.72. The summed E-state index contributed by atoms with van der Waals surface area (Å²) >= 11 is 5.61. The smallest absolute Gasteiger partial charge is 0.262 e. The molecule has 2 rings (SSSR count). The summed E-state index contributed by atoms with van der Waals surface area (Å²) in [5.41, 5.74) is 4.85. The van der Waals surface area contributed by atoms with E-state index in [0.29, 0.717) is 5.56 Å². The van der Waals surface area contributed by atoms with Crippen molar-refractivity contribution in [3.8, 4) is 0 Å². The van der Waals surface area contributed by atoms with Crippen molar-refractivity contribution in [3.05, 3.63) is 40.7 Å². The van der Waals surface area contributed by atoms with E-state index in [1.54, 1.807) is 0 Å². The summed E-state index contributed by atoms with van der Waals surface area (Å²) in [6, 6.07) is 3.96. The fourth-order valence-corrected chi connectivity index (χ4v) is 3.99. The minimum absolute atomic E-state index is 0.0235. The third-order valence-corrected chi connectivity index (χ3v) is 5.34. The van der Waals surface area contributed by atoms with Gasteiger partial charge in [-0.25, -0.2) is 12.8 Å². The van der Waals surface area contributed by atoms with E-state index in [-0.39, 0.29) is 22.9 Å². The van der Waals surface area contributed by atoms with Crippen LogP contribution < -0.4 is 10.9 Å². The number of hydrazine groups is 1. The molecule has 0 unspecified atom stereocenters. The molecule has 23 heavy (non-hydrogen) atoms. The Kier molecular flexibility index (Phi) is 5.38. The van der Waals surface area contributed by atoms with Crippen LogP contribution in [0.5, 0.6) is 0 Å². The lowest BCUT2D eigenvalue weighted by molar-refractivity contribution is -0.129. The zero-order chi connectivity index (χ0) is 17.0. The molecule has 1 fully saturated rings. The van der Waals surface area contributed by atoms with Gasteiger partial charge < -0.3 is 0 Å². The average Bonchev–Trinajstić information content (AvgIpc) is 2.86. The second kappa shape index (κ2) is 7.10. The first kappa shape index (κ1) is 17.4. The first-order chi connectivity index (χ1) is 10.8. The fourth-order valence-electron chi connectivity index (χ4n) is 2.06. The van der Waals surface area contributed by atoms with Crippen LogP contribution in [0.4, 0.5) is 4.39 Å². The average molecular weight is 361 g/mol. The number of halogens is 2. The van der Waals surface area contributed by atoms with Gasteiger partial charge in [0, 0.05) is 6.08 Å². The molecule has 1 aromatic carbocycles. The number of hydrogen-bond donors (Lipinski definition) is 2. The van der Waals surface area contributed by atoms with E-state index in [1.165, 1.54) is 24.3 Å². The number of rotatable bonds is 3. The first-order valence-corrected chi connectivity index (χ1v) is 8.90. The van der Waals surface area contributed by atoms with Crippen molar-refractivity contribution in [3.63, 3.8) is 0 Å². The number of hydrogen-bond acceptors (Lipinski definition) is 4. The van der Waals surface area contributed by atoms with E-state index in [2.05, 4.69) is 10.9 Å². The summed E-state index contributed by atoms with van der Waals surface area (Å²) in [7, 11) is -3.16. The highest BCUT2D eigenvalue weighted by Gasteiger charge is 2.32. The molecule has 1 atom stereocenters. The van der Waals surface area contributed by atoms with Crippen molar-refractivity contribution >= 4 is 39.3 Å². The van der Waals surface area contributed by atoms with Crippen molar-refractivity contribution in [1.29, 1.82) is 0 Å². The molecule has 6 nitrogen and oxygen atoms in total. The Morgan fingerprint density at radius 2 is 2.04 bits per heavy atom. The van der Waals surface area contributed by atoms with Crippen molar-refractivity contribution in [1.82, 2.24) is 10.9 Å². The third kappa shape index (κ3) is 5.04. The molecule has 0 radical (unpaired) electrons. The van der Waals surface area contributed by atoms with Crippen LogP contribution in [0.2, 0.25) is 5.02 Å². The van der Waals surface area contributed by atoms with Gasteiger partial charge in [-0.3, -0.25) is 20.4 Å². The molecule has 124 valence electrons. The van der Waals surface area contributed by atoms with Gasteiger partial charge in [0.25, 0.3) is 5.91 Å². The predicted octanol–water partition coefficient (Wildman–Crippen LogP) is 1.07. The Morgan fingerprint density at radius 1 is 1.30 bits per heavy atom. The van der Waals surface area contributed by atoms with E-state index in [0.717, 1.165) is 6.08 Å². The van der Waals surface area contributed by atoms with Crippen molar-refractivity contribution in [2.45, 2.75) is 6.42 Å². The van der Waals surface area contributed by atoms with Gasteiger partial charge in [-0.2, -0.15) is 0 Å². The minimum atomic E-state index is -3.16.